The van der Waals surface area contributed by atoms with E-state index in [4.69, 9.17) is 4.74 Å². The summed E-state index contributed by atoms with van der Waals surface area (Å²) in [5, 5.41) is 0. The Bertz CT molecular complexity index is 1500. The fourth-order valence-corrected chi connectivity index (χ4v) is 4.27. The normalized spacial score (nSPS) is 13.4. The van der Waals surface area contributed by atoms with Crippen molar-refractivity contribution in [3.8, 4) is 22.6 Å². The maximum Gasteiger partial charge on any atom is 0.460 e. The van der Waals surface area contributed by atoms with E-state index in [0.29, 0.717) is 0 Å². The molecule has 0 saturated carbocycles. The number of aryl methyl sites for hydroxylation is 1. The molecule has 0 aliphatic heterocycles. The van der Waals surface area contributed by atoms with E-state index in [1.54, 1.807) is 12.1 Å². The summed E-state index contributed by atoms with van der Waals surface area (Å²) < 4.78 is 182. The van der Waals surface area contributed by atoms with Crippen molar-refractivity contribution < 1.29 is 71.3 Å². The Morgan fingerprint density at radius 1 is 0.583 bits per heavy atom. The monoisotopic (exact) mass is 706 g/mol. The zero-order valence-electron chi connectivity index (χ0n) is 24.8. The fourth-order valence-electron chi connectivity index (χ4n) is 4.27. The van der Waals surface area contributed by atoms with Crippen LogP contribution in [0.25, 0.3) is 11.1 Å². The molecule has 0 aliphatic carbocycles. The van der Waals surface area contributed by atoms with Crippen LogP contribution in [0.2, 0.25) is 0 Å². The third-order valence-corrected chi connectivity index (χ3v) is 7.19. The summed E-state index contributed by atoms with van der Waals surface area (Å²) in [7, 11) is 0. The number of alkyl halides is 13. The molecular formula is C32H27F13O3. The third-order valence-electron chi connectivity index (χ3n) is 7.19. The SMILES string of the molecule is CCCCCc1ccc(-c2ccc(OC(=O)c3ccc(OCCC(F)(F)C(F)(F)C(F)(F)C(F)(F)C(F)(F)C(F)(F)F)cc3)cc2)cc1. The molecule has 0 fully saturated rings. The van der Waals surface area contributed by atoms with Gasteiger partial charge in [-0.05, 0) is 65.9 Å². The maximum absolute atomic E-state index is 14.0. The highest BCUT2D eigenvalue weighted by Gasteiger charge is 2.90. The molecule has 0 atom stereocenters. The number of halogens is 13. The number of carbonyl (C=O) groups is 1. The third kappa shape index (κ3) is 7.83. The molecule has 3 nitrogen and oxygen atoms in total. The van der Waals surface area contributed by atoms with E-state index in [2.05, 4.69) is 11.7 Å². The first-order chi connectivity index (χ1) is 22.1. The average molecular weight is 707 g/mol. The lowest BCUT2D eigenvalue weighted by Gasteiger charge is -2.39. The molecule has 0 aliphatic rings. The number of hydrogen-bond acceptors (Lipinski definition) is 3. The Labute approximate surface area is 265 Å². The number of esters is 1. The van der Waals surface area contributed by atoms with Crippen LogP contribution in [-0.2, 0) is 6.42 Å². The Kier molecular flexibility index (Phi) is 11.4. The smallest absolute Gasteiger partial charge is 0.460 e. The minimum Gasteiger partial charge on any atom is -0.493 e. The van der Waals surface area contributed by atoms with Crippen molar-refractivity contribution in [2.24, 2.45) is 0 Å². The second-order valence-corrected chi connectivity index (χ2v) is 10.7. The van der Waals surface area contributed by atoms with Crippen LogP contribution in [-0.4, -0.2) is 48.4 Å². The van der Waals surface area contributed by atoms with Gasteiger partial charge in [0.05, 0.1) is 18.6 Å². The number of rotatable bonds is 15. The van der Waals surface area contributed by atoms with Gasteiger partial charge in [-0.3, -0.25) is 0 Å². The van der Waals surface area contributed by atoms with Gasteiger partial charge in [-0.1, -0.05) is 56.2 Å². The van der Waals surface area contributed by atoms with E-state index < -0.39 is 60.5 Å². The summed E-state index contributed by atoms with van der Waals surface area (Å²) >= 11 is 0. The van der Waals surface area contributed by atoms with E-state index in [9.17, 15) is 61.9 Å². The first kappa shape index (κ1) is 38.5. The van der Waals surface area contributed by atoms with Gasteiger partial charge >= 0.3 is 41.8 Å². The largest absolute Gasteiger partial charge is 0.493 e. The van der Waals surface area contributed by atoms with Gasteiger partial charge < -0.3 is 9.47 Å². The summed E-state index contributed by atoms with van der Waals surface area (Å²) in [5.74, 6) is -38.4. The molecule has 48 heavy (non-hydrogen) atoms. The lowest BCUT2D eigenvalue weighted by molar-refractivity contribution is -0.440. The highest BCUT2D eigenvalue weighted by molar-refractivity contribution is 5.91. The molecule has 0 heterocycles. The van der Waals surface area contributed by atoms with Crippen LogP contribution in [0, 0.1) is 0 Å². The topological polar surface area (TPSA) is 35.5 Å². The average Bonchev–Trinajstić information content (AvgIpc) is 3.01. The second kappa shape index (κ2) is 14.2. The molecular weight excluding hydrogens is 679 g/mol. The number of unbranched alkanes of at least 4 members (excludes halogenated alkanes) is 2. The lowest BCUT2D eigenvalue weighted by atomic mass is 9.93. The van der Waals surface area contributed by atoms with Gasteiger partial charge in [0, 0.05) is 0 Å². The molecule has 0 radical (unpaired) electrons. The zero-order chi connectivity index (χ0) is 36.2. The molecule has 0 unspecified atom stereocenters. The predicted octanol–water partition coefficient (Wildman–Crippen LogP) is 10.8. The van der Waals surface area contributed by atoms with E-state index in [-0.39, 0.29) is 11.3 Å². The maximum atomic E-state index is 14.0. The van der Waals surface area contributed by atoms with Crippen molar-refractivity contribution in [1.82, 2.24) is 0 Å². The number of ether oxygens (including phenoxy) is 2. The van der Waals surface area contributed by atoms with Crippen LogP contribution < -0.4 is 9.47 Å². The Balaban J connectivity index is 1.58. The van der Waals surface area contributed by atoms with Crippen LogP contribution in [0.4, 0.5) is 57.1 Å². The molecule has 3 aromatic rings. The second-order valence-electron chi connectivity index (χ2n) is 10.7. The molecule has 0 bridgehead atoms. The van der Waals surface area contributed by atoms with E-state index >= 15 is 0 Å². The quantitative estimate of drug-likeness (QED) is 0.0683. The number of benzene rings is 3. The molecule has 0 amide bonds. The van der Waals surface area contributed by atoms with Crippen LogP contribution in [0.1, 0.15) is 48.5 Å². The van der Waals surface area contributed by atoms with Crippen molar-refractivity contribution in [3.63, 3.8) is 0 Å². The van der Waals surface area contributed by atoms with E-state index in [1.807, 2.05) is 24.3 Å². The Hall–Kier alpha value is -3.98. The Morgan fingerprint density at radius 2 is 1.06 bits per heavy atom. The van der Waals surface area contributed by atoms with Crippen LogP contribution in [0.15, 0.2) is 72.8 Å². The highest BCUT2D eigenvalue weighted by atomic mass is 19.4. The molecule has 0 saturated heterocycles. The first-order valence-corrected chi connectivity index (χ1v) is 14.2. The molecule has 16 heteroatoms. The van der Waals surface area contributed by atoms with Crippen LogP contribution in [0.5, 0.6) is 11.5 Å². The molecule has 0 spiro atoms. The van der Waals surface area contributed by atoms with E-state index in [0.717, 1.165) is 61.1 Å². The molecule has 264 valence electrons. The van der Waals surface area contributed by atoms with Crippen molar-refractivity contribution in [2.75, 3.05) is 6.61 Å². The van der Waals surface area contributed by atoms with Crippen LogP contribution in [0.3, 0.4) is 0 Å². The molecule has 0 aromatic heterocycles. The molecule has 3 rings (SSSR count). The van der Waals surface area contributed by atoms with Gasteiger partial charge in [0.25, 0.3) is 0 Å². The van der Waals surface area contributed by atoms with Crippen molar-refractivity contribution in [3.05, 3.63) is 83.9 Å². The van der Waals surface area contributed by atoms with Gasteiger partial charge in [-0.2, -0.15) is 57.1 Å². The van der Waals surface area contributed by atoms with Gasteiger partial charge in [-0.15, -0.1) is 0 Å². The van der Waals surface area contributed by atoms with Gasteiger partial charge in [0.2, 0.25) is 0 Å². The van der Waals surface area contributed by atoms with Gasteiger partial charge in [0.1, 0.15) is 11.5 Å². The summed E-state index contributed by atoms with van der Waals surface area (Å²) in [4.78, 5) is 12.5. The summed E-state index contributed by atoms with van der Waals surface area (Å²) in [6.07, 6.45) is -5.66. The standard InChI is InChI=1S/C32H27F13O3/c1-2-3-4-5-20-6-8-21(9-7-20)22-10-16-25(17-11-22)48-26(46)23-12-14-24(15-13-23)47-19-18-27(33,34)28(35,36)29(37,38)30(39,40)31(41,42)32(43,44)45/h6-17H,2-5,18-19H2,1H3. The summed E-state index contributed by atoms with van der Waals surface area (Å²) in [6.45, 7) is 0.508. The minimum atomic E-state index is -7.96. The predicted molar refractivity (Wildman–Crippen MR) is 147 cm³/mol. The zero-order valence-corrected chi connectivity index (χ0v) is 24.8. The first-order valence-electron chi connectivity index (χ1n) is 14.2. The fraction of sp³-hybridized carbons (Fsp3) is 0.406. The summed E-state index contributed by atoms with van der Waals surface area (Å²) in [6, 6.07) is 18.4. The summed E-state index contributed by atoms with van der Waals surface area (Å²) in [5.41, 5.74) is 2.86. The van der Waals surface area contributed by atoms with Crippen molar-refractivity contribution in [1.29, 1.82) is 0 Å². The molecule has 0 N–H and O–H groups in total. The van der Waals surface area contributed by atoms with Crippen molar-refractivity contribution >= 4 is 5.97 Å². The number of hydrogen-bond donors (Lipinski definition) is 0. The number of carbonyl (C=O) groups excluding carboxylic acids is 1. The van der Waals surface area contributed by atoms with Gasteiger partial charge in [-0.25, -0.2) is 4.79 Å². The van der Waals surface area contributed by atoms with Crippen molar-refractivity contribution in [2.45, 2.75) is 74.8 Å². The lowest BCUT2D eigenvalue weighted by Crippen LogP contribution is -2.70. The molecule has 3 aromatic carbocycles. The highest BCUT2D eigenvalue weighted by Crippen LogP contribution is 2.60. The Morgan fingerprint density at radius 3 is 1.56 bits per heavy atom. The minimum absolute atomic E-state index is 0.116. The van der Waals surface area contributed by atoms with E-state index in [1.165, 1.54) is 17.7 Å². The van der Waals surface area contributed by atoms with Gasteiger partial charge in [0.15, 0.2) is 0 Å². The van der Waals surface area contributed by atoms with Crippen LogP contribution >= 0.6 is 0 Å².